The Morgan fingerprint density at radius 3 is 2.44 bits per heavy atom. The normalized spacial score (nSPS) is 16.6. The Labute approximate surface area is 93.2 Å². The SMILES string of the molecule is CCN(CC)C1=NC=C(C(F)(F)F)C=CC1. The van der Waals surface area contributed by atoms with Gasteiger partial charge in [0.1, 0.15) is 5.84 Å². The highest BCUT2D eigenvalue weighted by atomic mass is 19.4. The third-order valence-corrected chi connectivity index (χ3v) is 2.41. The zero-order chi connectivity index (χ0) is 12.2. The summed E-state index contributed by atoms with van der Waals surface area (Å²) in [5, 5.41) is 0. The second-order valence-electron chi connectivity index (χ2n) is 3.41. The van der Waals surface area contributed by atoms with Gasteiger partial charge < -0.3 is 4.90 Å². The van der Waals surface area contributed by atoms with Crippen molar-refractivity contribution in [3.63, 3.8) is 0 Å². The minimum absolute atomic E-state index is 0.442. The lowest BCUT2D eigenvalue weighted by Gasteiger charge is -2.21. The van der Waals surface area contributed by atoms with Gasteiger partial charge in [0, 0.05) is 25.7 Å². The lowest BCUT2D eigenvalue weighted by Crippen LogP contribution is -2.29. The first-order chi connectivity index (χ1) is 7.49. The molecular formula is C11H15F3N2. The Hall–Kier alpha value is -1.26. The van der Waals surface area contributed by atoms with Crippen LogP contribution in [0.4, 0.5) is 13.2 Å². The van der Waals surface area contributed by atoms with E-state index in [1.54, 1.807) is 0 Å². The van der Waals surface area contributed by atoms with E-state index in [4.69, 9.17) is 0 Å². The predicted molar refractivity (Wildman–Crippen MR) is 58.3 cm³/mol. The summed E-state index contributed by atoms with van der Waals surface area (Å²) in [5.41, 5.74) is -0.699. The van der Waals surface area contributed by atoms with Gasteiger partial charge in [-0.3, -0.25) is 0 Å². The Morgan fingerprint density at radius 2 is 1.94 bits per heavy atom. The van der Waals surface area contributed by atoms with E-state index in [-0.39, 0.29) is 0 Å². The van der Waals surface area contributed by atoms with E-state index in [9.17, 15) is 13.2 Å². The Morgan fingerprint density at radius 1 is 1.31 bits per heavy atom. The van der Waals surface area contributed by atoms with Crippen LogP contribution in [-0.4, -0.2) is 30.0 Å². The van der Waals surface area contributed by atoms with Crippen LogP contribution >= 0.6 is 0 Å². The average molecular weight is 232 g/mol. The average Bonchev–Trinajstić information content (AvgIpc) is 2.45. The molecule has 0 fully saturated rings. The lowest BCUT2D eigenvalue weighted by molar-refractivity contribution is -0.0883. The van der Waals surface area contributed by atoms with Crippen molar-refractivity contribution < 1.29 is 13.2 Å². The molecule has 0 N–H and O–H groups in total. The molecule has 2 nitrogen and oxygen atoms in total. The summed E-state index contributed by atoms with van der Waals surface area (Å²) < 4.78 is 37.2. The number of nitrogens with zero attached hydrogens (tertiary/aromatic N) is 2. The highest BCUT2D eigenvalue weighted by Gasteiger charge is 2.32. The van der Waals surface area contributed by atoms with E-state index in [0.717, 1.165) is 25.4 Å². The molecule has 1 heterocycles. The zero-order valence-electron chi connectivity index (χ0n) is 9.38. The maximum Gasteiger partial charge on any atom is 0.417 e. The second kappa shape index (κ2) is 5.18. The monoisotopic (exact) mass is 232 g/mol. The third kappa shape index (κ3) is 3.12. The van der Waals surface area contributed by atoms with Crippen LogP contribution in [0.3, 0.4) is 0 Å². The molecule has 0 aliphatic carbocycles. The summed E-state index contributed by atoms with van der Waals surface area (Å²) in [6, 6.07) is 0. The Kier molecular flexibility index (Phi) is 4.15. The van der Waals surface area contributed by atoms with E-state index in [1.165, 1.54) is 6.08 Å². The van der Waals surface area contributed by atoms with E-state index < -0.39 is 11.7 Å². The number of hydrogen-bond acceptors (Lipinski definition) is 2. The number of allylic oxidation sites excluding steroid dienone is 2. The molecule has 0 spiro atoms. The summed E-state index contributed by atoms with van der Waals surface area (Å²) >= 11 is 0. The molecule has 0 radical (unpaired) electrons. The van der Waals surface area contributed by atoms with Gasteiger partial charge in [-0.25, -0.2) is 4.99 Å². The van der Waals surface area contributed by atoms with Crippen molar-refractivity contribution in [1.82, 2.24) is 4.90 Å². The fourth-order valence-corrected chi connectivity index (χ4v) is 1.50. The quantitative estimate of drug-likeness (QED) is 0.714. The van der Waals surface area contributed by atoms with Gasteiger partial charge in [-0.1, -0.05) is 12.2 Å². The Bertz CT molecular complexity index is 323. The van der Waals surface area contributed by atoms with Gasteiger partial charge in [-0.05, 0) is 13.8 Å². The van der Waals surface area contributed by atoms with Crippen molar-refractivity contribution in [1.29, 1.82) is 0 Å². The van der Waals surface area contributed by atoms with Crippen molar-refractivity contribution in [2.45, 2.75) is 26.4 Å². The zero-order valence-corrected chi connectivity index (χ0v) is 9.38. The molecule has 0 saturated heterocycles. The smallest absolute Gasteiger partial charge is 0.360 e. The largest absolute Gasteiger partial charge is 0.417 e. The number of alkyl halides is 3. The van der Waals surface area contributed by atoms with Crippen LogP contribution in [0.5, 0.6) is 0 Å². The molecule has 0 amide bonds. The van der Waals surface area contributed by atoms with Crippen molar-refractivity contribution >= 4 is 5.84 Å². The first-order valence-corrected chi connectivity index (χ1v) is 5.24. The Balaban J connectivity index is 2.91. The van der Waals surface area contributed by atoms with Crippen LogP contribution in [0.25, 0.3) is 0 Å². The predicted octanol–water partition coefficient (Wildman–Crippen LogP) is 3.13. The molecule has 0 unspecified atom stereocenters. The summed E-state index contributed by atoms with van der Waals surface area (Å²) in [6.45, 7) is 5.40. The number of hydrogen-bond donors (Lipinski definition) is 0. The summed E-state index contributed by atoms with van der Waals surface area (Å²) in [4.78, 5) is 5.86. The maximum atomic E-state index is 12.4. The van der Waals surface area contributed by atoms with Gasteiger partial charge in [0.15, 0.2) is 0 Å². The third-order valence-electron chi connectivity index (χ3n) is 2.41. The molecule has 0 aromatic rings. The molecule has 0 atom stereocenters. The summed E-state index contributed by atoms with van der Waals surface area (Å²) in [6.07, 6.45) is -0.392. The van der Waals surface area contributed by atoms with Gasteiger partial charge in [-0.15, -0.1) is 0 Å². The molecule has 1 rings (SSSR count). The highest BCUT2D eigenvalue weighted by molar-refractivity contribution is 5.84. The van der Waals surface area contributed by atoms with Crippen molar-refractivity contribution in [3.8, 4) is 0 Å². The van der Waals surface area contributed by atoms with Crippen LogP contribution in [-0.2, 0) is 0 Å². The number of amidine groups is 1. The van der Waals surface area contributed by atoms with Crippen molar-refractivity contribution in [3.05, 3.63) is 23.9 Å². The fourth-order valence-electron chi connectivity index (χ4n) is 1.50. The van der Waals surface area contributed by atoms with Crippen LogP contribution in [0.15, 0.2) is 28.9 Å². The van der Waals surface area contributed by atoms with E-state index >= 15 is 0 Å². The summed E-state index contributed by atoms with van der Waals surface area (Å²) in [5.74, 6) is 0.681. The lowest BCUT2D eigenvalue weighted by atomic mass is 10.2. The van der Waals surface area contributed by atoms with Gasteiger partial charge >= 0.3 is 6.18 Å². The standard InChI is InChI=1S/C11H15F3N2/c1-3-16(4-2)10-7-5-6-9(8-15-10)11(12,13)14/h5-6,8H,3-4,7H2,1-2H3. The van der Waals surface area contributed by atoms with Gasteiger partial charge in [-0.2, -0.15) is 13.2 Å². The molecular weight excluding hydrogens is 217 g/mol. The molecule has 5 heteroatoms. The number of halogens is 3. The molecule has 16 heavy (non-hydrogen) atoms. The van der Waals surface area contributed by atoms with E-state index in [2.05, 4.69) is 4.99 Å². The van der Waals surface area contributed by atoms with Crippen molar-refractivity contribution in [2.75, 3.05) is 13.1 Å². The summed E-state index contributed by atoms with van der Waals surface area (Å²) in [7, 11) is 0. The van der Waals surface area contributed by atoms with Crippen molar-refractivity contribution in [2.24, 2.45) is 4.99 Å². The van der Waals surface area contributed by atoms with Crippen LogP contribution < -0.4 is 0 Å². The first-order valence-electron chi connectivity index (χ1n) is 5.24. The van der Waals surface area contributed by atoms with Crippen LogP contribution in [0.2, 0.25) is 0 Å². The number of rotatable bonds is 2. The molecule has 1 aliphatic rings. The van der Waals surface area contributed by atoms with Crippen LogP contribution in [0.1, 0.15) is 20.3 Å². The maximum absolute atomic E-state index is 12.4. The minimum Gasteiger partial charge on any atom is -0.360 e. The second-order valence-corrected chi connectivity index (χ2v) is 3.41. The van der Waals surface area contributed by atoms with Crippen LogP contribution in [0, 0.1) is 0 Å². The number of aliphatic imine (C=N–C) groups is 1. The fraction of sp³-hybridized carbons (Fsp3) is 0.545. The first kappa shape index (κ1) is 12.8. The van der Waals surface area contributed by atoms with Gasteiger partial charge in [0.05, 0.1) is 5.57 Å². The molecule has 0 aromatic carbocycles. The topological polar surface area (TPSA) is 15.6 Å². The molecule has 1 aliphatic heterocycles. The highest BCUT2D eigenvalue weighted by Crippen LogP contribution is 2.27. The van der Waals surface area contributed by atoms with E-state index in [1.807, 2.05) is 18.7 Å². The van der Waals surface area contributed by atoms with Gasteiger partial charge in [0.2, 0.25) is 0 Å². The molecule has 0 aromatic heterocycles. The van der Waals surface area contributed by atoms with Gasteiger partial charge in [0.25, 0.3) is 0 Å². The molecule has 90 valence electrons. The minimum atomic E-state index is -4.32. The molecule has 0 saturated carbocycles. The van der Waals surface area contributed by atoms with E-state index in [0.29, 0.717) is 12.3 Å². The molecule has 0 bridgehead atoms.